The van der Waals surface area contributed by atoms with Crippen LogP contribution >= 0.6 is 0 Å². The summed E-state index contributed by atoms with van der Waals surface area (Å²) in [5.74, 6) is 0.917. The van der Waals surface area contributed by atoms with Gasteiger partial charge in [-0.1, -0.05) is 6.08 Å². The second-order valence-electron chi connectivity index (χ2n) is 4.73. The first-order chi connectivity index (χ1) is 7.92. The molecule has 0 aromatic heterocycles. The molecule has 2 fully saturated rings. The van der Waals surface area contributed by atoms with Crippen LogP contribution in [0.2, 0.25) is 0 Å². The van der Waals surface area contributed by atoms with E-state index in [0.717, 1.165) is 25.6 Å². The molecule has 0 bridgehead atoms. The summed E-state index contributed by atoms with van der Waals surface area (Å²) < 4.78 is 0. The Morgan fingerprint density at radius 1 is 1.38 bits per heavy atom. The third kappa shape index (κ3) is 3.42. The summed E-state index contributed by atoms with van der Waals surface area (Å²) in [7, 11) is 0. The van der Waals surface area contributed by atoms with E-state index < -0.39 is 0 Å². The highest BCUT2D eigenvalue weighted by molar-refractivity contribution is 5.70. The normalized spacial score (nSPS) is 25.6. The number of hydrogen-bond donors (Lipinski definition) is 1. The fourth-order valence-electron chi connectivity index (χ4n) is 2.37. The maximum absolute atomic E-state index is 4.52. The Labute approximate surface area is 98.6 Å². The van der Waals surface area contributed by atoms with Crippen molar-refractivity contribution in [1.82, 2.24) is 10.2 Å². The minimum atomic E-state index is 0.698. The van der Waals surface area contributed by atoms with E-state index in [1.165, 1.54) is 25.9 Å². The highest BCUT2D eigenvalue weighted by Crippen LogP contribution is 2.35. The molecular weight excluding hydrogens is 198 g/mol. The van der Waals surface area contributed by atoms with Gasteiger partial charge in [-0.25, -0.2) is 0 Å². The molecule has 2 aliphatic rings. The zero-order valence-corrected chi connectivity index (χ0v) is 10.2. The molecule has 0 unspecified atom stereocenters. The second-order valence-corrected chi connectivity index (χ2v) is 4.73. The van der Waals surface area contributed by atoms with Gasteiger partial charge in [0.1, 0.15) is 0 Å². The topological polar surface area (TPSA) is 27.6 Å². The number of piperazine rings is 1. The Morgan fingerprint density at radius 3 is 2.75 bits per heavy atom. The maximum atomic E-state index is 4.52. The minimum absolute atomic E-state index is 0.698. The van der Waals surface area contributed by atoms with Crippen LogP contribution in [0.1, 0.15) is 19.8 Å². The fourth-order valence-corrected chi connectivity index (χ4v) is 2.37. The predicted octanol–water partition coefficient (Wildman–Crippen LogP) is 1.32. The zero-order valence-electron chi connectivity index (χ0n) is 10.2. The maximum Gasteiger partial charge on any atom is 0.0547 e. The summed E-state index contributed by atoms with van der Waals surface area (Å²) >= 11 is 0. The Balaban J connectivity index is 1.83. The SMILES string of the molecule is C/C=C\C=NC[C@@H](C1CC1)N1CCNCC1. The molecule has 2 rings (SSSR count). The standard InChI is InChI=1S/C13H23N3/c1-2-3-6-15-11-13(12-4-5-12)16-9-7-14-8-10-16/h2-3,6,12-14H,4-5,7-11H2,1H3/b3-2-,15-6?/t13-/m0/s1. The van der Waals surface area contributed by atoms with Gasteiger partial charge in [0.2, 0.25) is 0 Å². The van der Waals surface area contributed by atoms with Crippen LogP contribution in [-0.4, -0.2) is 49.9 Å². The molecule has 16 heavy (non-hydrogen) atoms. The van der Waals surface area contributed by atoms with Crippen LogP contribution in [0.3, 0.4) is 0 Å². The number of aliphatic imine (C=N–C) groups is 1. The van der Waals surface area contributed by atoms with Gasteiger partial charge in [-0.15, -0.1) is 0 Å². The average molecular weight is 221 g/mol. The van der Waals surface area contributed by atoms with Gasteiger partial charge in [-0.3, -0.25) is 9.89 Å². The Bertz CT molecular complexity index is 250. The molecule has 1 saturated heterocycles. The van der Waals surface area contributed by atoms with Crippen molar-refractivity contribution >= 4 is 6.21 Å². The van der Waals surface area contributed by atoms with Gasteiger partial charge in [0.05, 0.1) is 6.54 Å². The zero-order chi connectivity index (χ0) is 11.2. The lowest BCUT2D eigenvalue weighted by molar-refractivity contribution is 0.160. The van der Waals surface area contributed by atoms with E-state index in [4.69, 9.17) is 0 Å². The van der Waals surface area contributed by atoms with Crippen LogP contribution in [0.25, 0.3) is 0 Å². The first-order valence-electron chi connectivity index (χ1n) is 6.47. The van der Waals surface area contributed by atoms with Crippen molar-refractivity contribution in [2.24, 2.45) is 10.9 Å². The molecule has 90 valence electrons. The van der Waals surface area contributed by atoms with E-state index in [2.05, 4.69) is 15.2 Å². The lowest BCUT2D eigenvalue weighted by Crippen LogP contribution is -2.50. The van der Waals surface area contributed by atoms with Crippen LogP contribution in [0.4, 0.5) is 0 Å². The van der Waals surface area contributed by atoms with Crippen molar-refractivity contribution in [3.8, 4) is 0 Å². The number of hydrogen-bond acceptors (Lipinski definition) is 3. The molecule has 1 saturated carbocycles. The minimum Gasteiger partial charge on any atom is -0.314 e. The predicted molar refractivity (Wildman–Crippen MR) is 69.1 cm³/mol. The Kier molecular flexibility index (Phi) is 4.55. The van der Waals surface area contributed by atoms with Gasteiger partial charge in [0.15, 0.2) is 0 Å². The van der Waals surface area contributed by atoms with Crippen molar-refractivity contribution in [3.63, 3.8) is 0 Å². The lowest BCUT2D eigenvalue weighted by Gasteiger charge is -2.34. The summed E-state index contributed by atoms with van der Waals surface area (Å²) in [6.45, 7) is 7.68. The van der Waals surface area contributed by atoms with E-state index in [0.29, 0.717) is 6.04 Å². The van der Waals surface area contributed by atoms with Crippen LogP contribution in [0.15, 0.2) is 17.1 Å². The monoisotopic (exact) mass is 221 g/mol. The summed E-state index contributed by atoms with van der Waals surface area (Å²) in [6.07, 6.45) is 8.81. The molecule has 1 aliphatic carbocycles. The molecule has 0 amide bonds. The Hall–Kier alpha value is -0.670. The molecule has 1 atom stereocenters. The lowest BCUT2D eigenvalue weighted by atomic mass is 10.1. The molecule has 3 nitrogen and oxygen atoms in total. The molecule has 0 radical (unpaired) electrons. The Morgan fingerprint density at radius 2 is 2.12 bits per heavy atom. The van der Waals surface area contributed by atoms with E-state index >= 15 is 0 Å². The molecule has 0 aromatic carbocycles. The molecule has 1 heterocycles. The van der Waals surface area contributed by atoms with E-state index in [9.17, 15) is 0 Å². The van der Waals surface area contributed by atoms with Crippen molar-refractivity contribution in [2.75, 3.05) is 32.7 Å². The van der Waals surface area contributed by atoms with Gasteiger partial charge in [0, 0.05) is 38.4 Å². The number of allylic oxidation sites excluding steroid dienone is 2. The first kappa shape index (κ1) is 11.8. The molecular formula is C13H23N3. The van der Waals surface area contributed by atoms with E-state index in [1.54, 1.807) is 0 Å². The highest BCUT2D eigenvalue weighted by Gasteiger charge is 2.35. The van der Waals surface area contributed by atoms with Gasteiger partial charge in [-0.05, 0) is 31.8 Å². The second kappa shape index (κ2) is 6.16. The third-order valence-corrected chi connectivity index (χ3v) is 3.46. The van der Waals surface area contributed by atoms with Crippen LogP contribution in [0, 0.1) is 5.92 Å². The molecule has 1 N–H and O–H groups in total. The fraction of sp³-hybridized carbons (Fsp3) is 0.769. The smallest absolute Gasteiger partial charge is 0.0547 e. The van der Waals surface area contributed by atoms with Crippen molar-refractivity contribution in [1.29, 1.82) is 0 Å². The highest BCUT2D eigenvalue weighted by atomic mass is 15.2. The van der Waals surface area contributed by atoms with E-state index in [-0.39, 0.29) is 0 Å². The summed E-state index contributed by atoms with van der Waals surface area (Å²) in [4.78, 5) is 7.15. The average Bonchev–Trinajstić information content (AvgIpc) is 3.15. The van der Waals surface area contributed by atoms with Crippen LogP contribution in [-0.2, 0) is 0 Å². The summed E-state index contributed by atoms with van der Waals surface area (Å²) in [5, 5.41) is 3.41. The van der Waals surface area contributed by atoms with Crippen LogP contribution < -0.4 is 5.32 Å². The molecule has 0 spiro atoms. The first-order valence-corrected chi connectivity index (χ1v) is 6.47. The van der Waals surface area contributed by atoms with Crippen molar-refractivity contribution < 1.29 is 0 Å². The van der Waals surface area contributed by atoms with Crippen LogP contribution in [0.5, 0.6) is 0 Å². The van der Waals surface area contributed by atoms with Gasteiger partial charge in [-0.2, -0.15) is 0 Å². The van der Waals surface area contributed by atoms with Gasteiger partial charge < -0.3 is 5.32 Å². The third-order valence-electron chi connectivity index (χ3n) is 3.46. The van der Waals surface area contributed by atoms with Crippen molar-refractivity contribution in [2.45, 2.75) is 25.8 Å². The largest absolute Gasteiger partial charge is 0.314 e. The quantitative estimate of drug-likeness (QED) is 0.709. The number of rotatable bonds is 5. The van der Waals surface area contributed by atoms with Gasteiger partial charge in [0.25, 0.3) is 0 Å². The number of nitrogens with one attached hydrogen (secondary N) is 1. The molecule has 3 heteroatoms. The summed E-state index contributed by atoms with van der Waals surface area (Å²) in [6, 6.07) is 0.698. The molecule has 0 aromatic rings. The van der Waals surface area contributed by atoms with Crippen molar-refractivity contribution in [3.05, 3.63) is 12.2 Å². The molecule has 1 aliphatic heterocycles. The number of nitrogens with zero attached hydrogens (tertiary/aromatic N) is 2. The van der Waals surface area contributed by atoms with E-state index in [1.807, 2.05) is 25.3 Å². The summed E-state index contributed by atoms with van der Waals surface area (Å²) in [5.41, 5.74) is 0. The van der Waals surface area contributed by atoms with Gasteiger partial charge >= 0.3 is 0 Å².